The van der Waals surface area contributed by atoms with Crippen LogP contribution in [0.5, 0.6) is 0 Å². The van der Waals surface area contributed by atoms with Crippen molar-refractivity contribution in [3.8, 4) is 0 Å². The second kappa shape index (κ2) is 7.91. The van der Waals surface area contributed by atoms with E-state index in [1.54, 1.807) is 6.07 Å². The average Bonchev–Trinajstić information content (AvgIpc) is 3.25. The van der Waals surface area contributed by atoms with Crippen LogP contribution in [0.3, 0.4) is 0 Å². The topological polar surface area (TPSA) is 81.4 Å². The molecule has 1 aliphatic heterocycles. The summed E-state index contributed by atoms with van der Waals surface area (Å²) in [6.45, 7) is 2.71. The minimum atomic E-state index is -0.0496. The van der Waals surface area contributed by atoms with E-state index in [-0.39, 0.29) is 11.8 Å². The number of hydrogen-bond acceptors (Lipinski definition) is 6. The second-order valence-corrected chi connectivity index (χ2v) is 7.94. The zero-order valence-corrected chi connectivity index (χ0v) is 16.3. The Morgan fingerprint density at radius 3 is 2.93 bits per heavy atom. The minimum absolute atomic E-state index is 0.0496. The highest BCUT2D eigenvalue weighted by molar-refractivity contribution is 5.95. The van der Waals surface area contributed by atoms with Gasteiger partial charge in [0.05, 0.1) is 18.0 Å². The zero-order chi connectivity index (χ0) is 19.6. The molecular weight excluding hydrogens is 368 g/mol. The van der Waals surface area contributed by atoms with Gasteiger partial charge in [-0.15, -0.1) is 0 Å². The number of nitrogens with zero attached hydrogens (tertiary/aromatic N) is 4. The lowest BCUT2D eigenvalue weighted by Crippen LogP contribution is -2.29. The van der Waals surface area contributed by atoms with Crippen LogP contribution < -0.4 is 0 Å². The largest absolute Gasteiger partial charge is 0.381 e. The summed E-state index contributed by atoms with van der Waals surface area (Å²) in [6, 6.07) is 11.6. The molecule has 7 nitrogen and oxygen atoms in total. The highest BCUT2D eigenvalue weighted by atomic mass is 16.5. The van der Waals surface area contributed by atoms with E-state index in [0.29, 0.717) is 43.5 Å². The van der Waals surface area contributed by atoms with Gasteiger partial charge in [-0.1, -0.05) is 29.4 Å². The van der Waals surface area contributed by atoms with Crippen LogP contribution >= 0.6 is 0 Å². The number of pyridine rings is 1. The molecule has 3 heterocycles. The number of benzene rings is 1. The Bertz CT molecular complexity index is 1010. The molecule has 29 heavy (non-hydrogen) atoms. The summed E-state index contributed by atoms with van der Waals surface area (Å²) in [5.74, 6) is 2.08. The number of carbonyl (C=O) groups is 1. The Morgan fingerprint density at radius 2 is 2.03 bits per heavy atom. The predicted molar refractivity (Wildman–Crippen MR) is 107 cm³/mol. The maximum absolute atomic E-state index is 12.9. The standard InChI is InChI=1S/C22H24N4O3/c27-22(19-8-7-16-3-1-2-4-18(16)23-19)26-11-9-17(13-26)21-24-20(25-29-21)10-12-28-14-15-5-6-15/h1-4,7-8,15,17H,5-6,9-14H2/t17-/m0/s1. The van der Waals surface area contributed by atoms with Gasteiger partial charge in [0.25, 0.3) is 5.91 Å². The van der Waals surface area contributed by atoms with Gasteiger partial charge < -0.3 is 14.2 Å². The van der Waals surface area contributed by atoms with Gasteiger partial charge in [-0.3, -0.25) is 4.79 Å². The molecule has 2 aromatic heterocycles. The molecule has 0 bridgehead atoms. The molecule has 0 spiro atoms. The van der Waals surface area contributed by atoms with Crippen molar-refractivity contribution >= 4 is 16.8 Å². The lowest BCUT2D eigenvalue weighted by Gasteiger charge is -2.15. The molecule has 2 fully saturated rings. The maximum atomic E-state index is 12.9. The Kier molecular flexibility index (Phi) is 4.97. The second-order valence-electron chi connectivity index (χ2n) is 7.94. The first kappa shape index (κ1) is 18.2. The molecule has 0 radical (unpaired) electrons. The number of para-hydroxylation sites is 1. The Hall–Kier alpha value is -2.80. The zero-order valence-electron chi connectivity index (χ0n) is 16.3. The summed E-state index contributed by atoms with van der Waals surface area (Å²) in [4.78, 5) is 23.8. The van der Waals surface area contributed by atoms with Crippen LogP contribution in [0, 0.1) is 5.92 Å². The van der Waals surface area contributed by atoms with E-state index in [9.17, 15) is 4.79 Å². The molecule has 7 heteroatoms. The van der Waals surface area contributed by atoms with E-state index in [2.05, 4.69) is 15.1 Å². The summed E-state index contributed by atoms with van der Waals surface area (Å²) in [6.07, 6.45) is 4.06. The number of aromatic nitrogens is 3. The van der Waals surface area contributed by atoms with Gasteiger partial charge >= 0.3 is 0 Å². The van der Waals surface area contributed by atoms with Gasteiger partial charge in [0, 0.05) is 31.5 Å². The monoisotopic (exact) mass is 392 g/mol. The lowest BCUT2D eigenvalue weighted by atomic mass is 10.1. The SMILES string of the molecule is O=C(c1ccc2ccccc2n1)N1CC[C@H](c2nc(CCOCC3CC3)no2)C1. The molecule has 1 saturated heterocycles. The van der Waals surface area contributed by atoms with Crippen molar-refractivity contribution < 1.29 is 14.1 Å². The minimum Gasteiger partial charge on any atom is -0.381 e. The van der Waals surface area contributed by atoms with Crippen molar-refractivity contribution in [2.45, 2.75) is 31.6 Å². The summed E-state index contributed by atoms with van der Waals surface area (Å²) in [5, 5.41) is 5.10. The highest BCUT2D eigenvalue weighted by Crippen LogP contribution is 2.29. The fourth-order valence-electron chi connectivity index (χ4n) is 3.73. The predicted octanol–water partition coefficient (Wildman–Crippen LogP) is 3.22. The number of fused-ring (bicyclic) bond motifs is 1. The van der Waals surface area contributed by atoms with Gasteiger partial charge in [0.2, 0.25) is 5.89 Å². The molecular formula is C22H24N4O3. The van der Waals surface area contributed by atoms with Crippen molar-refractivity contribution in [1.29, 1.82) is 0 Å². The van der Waals surface area contributed by atoms with Crippen LogP contribution in [0.4, 0.5) is 0 Å². The molecule has 150 valence electrons. The Morgan fingerprint density at radius 1 is 1.14 bits per heavy atom. The van der Waals surface area contributed by atoms with Gasteiger partial charge in [-0.05, 0) is 37.3 Å². The van der Waals surface area contributed by atoms with Gasteiger partial charge in [0.1, 0.15) is 5.69 Å². The summed E-state index contributed by atoms with van der Waals surface area (Å²) in [7, 11) is 0. The molecule has 1 atom stereocenters. The van der Waals surface area contributed by atoms with Crippen LogP contribution in [0.25, 0.3) is 10.9 Å². The molecule has 1 aliphatic carbocycles. The van der Waals surface area contributed by atoms with E-state index in [0.717, 1.165) is 29.8 Å². The van der Waals surface area contributed by atoms with Crippen molar-refractivity contribution in [1.82, 2.24) is 20.0 Å². The average molecular weight is 392 g/mol. The fourth-order valence-corrected chi connectivity index (χ4v) is 3.73. The van der Waals surface area contributed by atoms with Crippen molar-refractivity contribution in [2.24, 2.45) is 5.92 Å². The smallest absolute Gasteiger partial charge is 0.272 e. The van der Waals surface area contributed by atoms with Crippen molar-refractivity contribution in [3.05, 3.63) is 53.8 Å². The molecule has 1 saturated carbocycles. The maximum Gasteiger partial charge on any atom is 0.272 e. The number of likely N-dealkylation sites (tertiary alicyclic amines) is 1. The summed E-state index contributed by atoms with van der Waals surface area (Å²) in [5.41, 5.74) is 1.31. The molecule has 5 rings (SSSR count). The van der Waals surface area contributed by atoms with E-state index in [1.165, 1.54) is 12.8 Å². The molecule has 0 N–H and O–H groups in total. The number of hydrogen-bond donors (Lipinski definition) is 0. The number of carbonyl (C=O) groups excluding carboxylic acids is 1. The van der Waals surface area contributed by atoms with E-state index in [4.69, 9.17) is 9.26 Å². The van der Waals surface area contributed by atoms with Crippen LogP contribution in [0.1, 0.15) is 47.4 Å². The lowest BCUT2D eigenvalue weighted by molar-refractivity contribution is 0.0784. The third-order valence-electron chi connectivity index (χ3n) is 5.65. The normalized spacial score (nSPS) is 19.2. The first-order valence-corrected chi connectivity index (χ1v) is 10.3. The van der Waals surface area contributed by atoms with Crippen LogP contribution in [0.2, 0.25) is 0 Å². The molecule has 3 aromatic rings. The number of ether oxygens (including phenoxy) is 1. The summed E-state index contributed by atoms with van der Waals surface area (Å²) >= 11 is 0. The Balaban J connectivity index is 1.18. The third kappa shape index (κ3) is 4.15. The van der Waals surface area contributed by atoms with Crippen molar-refractivity contribution in [3.63, 3.8) is 0 Å². The van der Waals surface area contributed by atoms with Gasteiger partial charge in [-0.2, -0.15) is 4.98 Å². The first-order chi connectivity index (χ1) is 14.3. The fraction of sp³-hybridized carbons (Fsp3) is 0.455. The van der Waals surface area contributed by atoms with E-state index < -0.39 is 0 Å². The third-order valence-corrected chi connectivity index (χ3v) is 5.65. The molecule has 1 aromatic carbocycles. The number of rotatable bonds is 7. The molecule has 0 unspecified atom stereocenters. The highest BCUT2D eigenvalue weighted by Gasteiger charge is 2.32. The van der Waals surface area contributed by atoms with E-state index >= 15 is 0 Å². The first-order valence-electron chi connectivity index (χ1n) is 10.3. The van der Waals surface area contributed by atoms with Gasteiger partial charge in [0.15, 0.2) is 5.82 Å². The molecule has 1 amide bonds. The summed E-state index contributed by atoms with van der Waals surface area (Å²) < 4.78 is 11.1. The number of amides is 1. The van der Waals surface area contributed by atoms with Crippen molar-refractivity contribution in [2.75, 3.05) is 26.3 Å². The quantitative estimate of drug-likeness (QED) is 0.574. The van der Waals surface area contributed by atoms with Gasteiger partial charge in [-0.25, -0.2) is 4.98 Å². The van der Waals surface area contributed by atoms with Crippen LogP contribution in [-0.4, -0.2) is 52.2 Å². The van der Waals surface area contributed by atoms with Crippen LogP contribution in [0.15, 0.2) is 40.9 Å². The van der Waals surface area contributed by atoms with Crippen LogP contribution in [-0.2, 0) is 11.2 Å². The Labute approximate surface area is 169 Å². The van der Waals surface area contributed by atoms with E-state index in [1.807, 2.05) is 35.2 Å². The molecule has 2 aliphatic rings.